The number of ether oxygens (including phenoxy) is 2. The van der Waals surface area contributed by atoms with E-state index in [9.17, 15) is 0 Å². The van der Waals surface area contributed by atoms with E-state index in [0.29, 0.717) is 23.1 Å². The lowest BCUT2D eigenvalue weighted by Gasteiger charge is -2.10. The molecule has 0 atom stereocenters. The van der Waals surface area contributed by atoms with E-state index in [1.54, 1.807) is 25.3 Å². The number of anilines is 1. The number of halogens is 2. The molecule has 0 aliphatic rings. The minimum absolute atomic E-state index is 0.404. The number of hydrogen-bond acceptors (Lipinski definition) is 3. The highest BCUT2D eigenvalue weighted by molar-refractivity contribution is 9.10. The lowest BCUT2D eigenvalue weighted by atomic mass is 10.2. The third kappa shape index (κ3) is 3.78. The fraction of sp³-hybridized carbons (Fsp3) is 0.143. The molecule has 0 bridgehead atoms. The molecule has 3 nitrogen and oxygen atoms in total. The van der Waals surface area contributed by atoms with E-state index in [1.165, 1.54) is 0 Å². The standard InChI is InChI=1S/C14H13BrClNO2/c1-18-12-5-9(4-11(17)7-12)8-19-14-3-2-10(16)6-13(14)15/h2-7H,8,17H2,1H3. The van der Waals surface area contributed by atoms with E-state index in [2.05, 4.69) is 15.9 Å². The molecule has 2 rings (SSSR count). The molecule has 0 aromatic heterocycles. The van der Waals surface area contributed by atoms with E-state index in [-0.39, 0.29) is 0 Å². The van der Waals surface area contributed by atoms with Gasteiger partial charge in [-0.3, -0.25) is 0 Å². The molecule has 19 heavy (non-hydrogen) atoms. The third-order valence-electron chi connectivity index (χ3n) is 2.51. The summed E-state index contributed by atoms with van der Waals surface area (Å²) in [5.41, 5.74) is 7.38. The van der Waals surface area contributed by atoms with Crippen LogP contribution in [0.4, 0.5) is 5.69 Å². The quantitative estimate of drug-likeness (QED) is 0.844. The predicted octanol–water partition coefficient (Wildman–Crippen LogP) is 4.27. The van der Waals surface area contributed by atoms with Gasteiger partial charge in [0.15, 0.2) is 0 Å². The molecule has 0 aliphatic carbocycles. The van der Waals surface area contributed by atoms with Crippen LogP contribution in [0.5, 0.6) is 11.5 Å². The Labute approximate surface area is 125 Å². The van der Waals surface area contributed by atoms with Crippen LogP contribution in [0, 0.1) is 0 Å². The maximum Gasteiger partial charge on any atom is 0.134 e. The molecule has 0 radical (unpaired) electrons. The molecule has 2 aromatic carbocycles. The van der Waals surface area contributed by atoms with Crippen LogP contribution in [0.2, 0.25) is 5.02 Å². The van der Waals surface area contributed by atoms with Crippen LogP contribution in [0.25, 0.3) is 0 Å². The van der Waals surface area contributed by atoms with Crippen LogP contribution in [0.1, 0.15) is 5.56 Å². The summed E-state index contributed by atoms with van der Waals surface area (Å²) in [6.07, 6.45) is 0. The van der Waals surface area contributed by atoms with E-state index in [1.807, 2.05) is 18.2 Å². The number of hydrogen-bond donors (Lipinski definition) is 1. The van der Waals surface area contributed by atoms with Crippen molar-refractivity contribution >= 4 is 33.2 Å². The highest BCUT2D eigenvalue weighted by Gasteiger charge is 2.04. The second-order valence-corrected chi connectivity index (χ2v) is 5.27. The summed E-state index contributed by atoms with van der Waals surface area (Å²) in [6, 6.07) is 10.9. The van der Waals surface area contributed by atoms with Gasteiger partial charge in [0.1, 0.15) is 18.1 Å². The topological polar surface area (TPSA) is 44.5 Å². The van der Waals surface area contributed by atoms with Gasteiger partial charge >= 0.3 is 0 Å². The third-order valence-corrected chi connectivity index (χ3v) is 3.37. The Bertz CT molecular complexity index is 590. The first-order valence-corrected chi connectivity index (χ1v) is 6.77. The van der Waals surface area contributed by atoms with E-state index in [0.717, 1.165) is 15.8 Å². The van der Waals surface area contributed by atoms with Gasteiger partial charge in [0.25, 0.3) is 0 Å². The molecule has 0 unspecified atom stereocenters. The van der Waals surface area contributed by atoms with Gasteiger partial charge in [-0.25, -0.2) is 0 Å². The van der Waals surface area contributed by atoms with Crippen molar-refractivity contribution in [2.45, 2.75) is 6.61 Å². The van der Waals surface area contributed by atoms with Crippen molar-refractivity contribution in [1.82, 2.24) is 0 Å². The highest BCUT2D eigenvalue weighted by Crippen LogP contribution is 2.29. The minimum atomic E-state index is 0.404. The van der Waals surface area contributed by atoms with Gasteiger partial charge < -0.3 is 15.2 Å². The Morgan fingerprint density at radius 2 is 2.00 bits per heavy atom. The average molecular weight is 343 g/mol. The van der Waals surface area contributed by atoms with E-state index in [4.69, 9.17) is 26.8 Å². The van der Waals surface area contributed by atoms with Gasteiger partial charge in [0.05, 0.1) is 11.6 Å². The molecule has 0 aliphatic heterocycles. The summed E-state index contributed by atoms with van der Waals surface area (Å²) in [5.74, 6) is 1.44. The first-order chi connectivity index (χ1) is 9.08. The SMILES string of the molecule is COc1cc(N)cc(COc2ccc(Cl)cc2Br)c1. The van der Waals surface area contributed by atoms with Crippen molar-refractivity contribution in [1.29, 1.82) is 0 Å². The Balaban J connectivity index is 2.12. The zero-order chi connectivity index (χ0) is 13.8. The smallest absolute Gasteiger partial charge is 0.134 e. The molecule has 100 valence electrons. The number of nitrogens with two attached hydrogens (primary N) is 1. The number of rotatable bonds is 4. The molecule has 2 N–H and O–H groups in total. The maximum absolute atomic E-state index is 5.88. The lowest BCUT2D eigenvalue weighted by molar-refractivity contribution is 0.303. The van der Waals surface area contributed by atoms with Crippen LogP contribution >= 0.6 is 27.5 Å². The molecule has 0 saturated heterocycles. The van der Waals surface area contributed by atoms with E-state index >= 15 is 0 Å². The van der Waals surface area contributed by atoms with Crippen LogP contribution in [-0.4, -0.2) is 7.11 Å². The predicted molar refractivity (Wildman–Crippen MR) is 80.9 cm³/mol. The minimum Gasteiger partial charge on any atom is -0.497 e. The van der Waals surface area contributed by atoms with Crippen LogP contribution in [0.15, 0.2) is 40.9 Å². The highest BCUT2D eigenvalue weighted by atomic mass is 79.9. The summed E-state index contributed by atoms with van der Waals surface area (Å²) in [5, 5.41) is 0.657. The number of methoxy groups -OCH3 is 1. The summed E-state index contributed by atoms with van der Waals surface area (Å²) >= 11 is 9.28. The first kappa shape index (κ1) is 14.0. The molecule has 0 fully saturated rings. The Morgan fingerprint density at radius 3 is 2.68 bits per heavy atom. The van der Waals surface area contributed by atoms with Crippen molar-refractivity contribution in [3.05, 3.63) is 51.5 Å². The molecule has 0 spiro atoms. The van der Waals surface area contributed by atoms with Crippen molar-refractivity contribution in [2.75, 3.05) is 12.8 Å². The van der Waals surface area contributed by atoms with Gasteiger partial charge in [-0.15, -0.1) is 0 Å². The molecule has 2 aromatic rings. The zero-order valence-electron chi connectivity index (χ0n) is 10.3. The van der Waals surface area contributed by atoms with Crippen molar-refractivity contribution in [3.8, 4) is 11.5 Å². The Hall–Kier alpha value is -1.39. The molecular formula is C14H13BrClNO2. The normalized spacial score (nSPS) is 10.3. The molecule has 0 amide bonds. The van der Waals surface area contributed by atoms with Crippen molar-refractivity contribution in [3.63, 3.8) is 0 Å². The van der Waals surface area contributed by atoms with Gasteiger partial charge in [-0.1, -0.05) is 11.6 Å². The van der Waals surface area contributed by atoms with Gasteiger partial charge in [-0.05, 0) is 51.8 Å². The fourth-order valence-corrected chi connectivity index (χ4v) is 2.44. The number of nitrogen functional groups attached to an aromatic ring is 1. The maximum atomic E-state index is 5.88. The lowest BCUT2D eigenvalue weighted by Crippen LogP contribution is -1.98. The summed E-state index contributed by atoms with van der Waals surface area (Å²) in [7, 11) is 1.61. The largest absolute Gasteiger partial charge is 0.497 e. The van der Waals surface area contributed by atoms with E-state index < -0.39 is 0 Å². The zero-order valence-corrected chi connectivity index (χ0v) is 12.7. The van der Waals surface area contributed by atoms with Gasteiger partial charge in [0, 0.05) is 16.8 Å². The second-order valence-electron chi connectivity index (χ2n) is 3.98. The molecule has 0 heterocycles. The summed E-state index contributed by atoms with van der Waals surface area (Å²) in [6.45, 7) is 0.404. The average Bonchev–Trinajstić information content (AvgIpc) is 2.37. The van der Waals surface area contributed by atoms with Crippen LogP contribution < -0.4 is 15.2 Å². The van der Waals surface area contributed by atoms with Crippen molar-refractivity contribution in [2.24, 2.45) is 0 Å². The molecular weight excluding hydrogens is 330 g/mol. The summed E-state index contributed by atoms with van der Waals surface area (Å²) in [4.78, 5) is 0. The fourth-order valence-electron chi connectivity index (χ4n) is 1.64. The molecule has 0 saturated carbocycles. The van der Waals surface area contributed by atoms with Gasteiger partial charge in [0.2, 0.25) is 0 Å². The second kappa shape index (κ2) is 6.17. The first-order valence-electron chi connectivity index (χ1n) is 5.60. The van der Waals surface area contributed by atoms with Crippen LogP contribution in [-0.2, 0) is 6.61 Å². The van der Waals surface area contributed by atoms with Crippen LogP contribution in [0.3, 0.4) is 0 Å². The Morgan fingerprint density at radius 1 is 1.21 bits per heavy atom. The Kier molecular flexibility index (Phi) is 4.56. The molecule has 5 heteroatoms. The summed E-state index contributed by atoms with van der Waals surface area (Å²) < 4.78 is 11.7. The monoisotopic (exact) mass is 341 g/mol. The van der Waals surface area contributed by atoms with Gasteiger partial charge in [-0.2, -0.15) is 0 Å². The number of benzene rings is 2. The van der Waals surface area contributed by atoms with Crippen molar-refractivity contribution < 1.29 is 9.47 Å².